The second-order valence-electron chi connectivity index (χ2n) is 9.88. The first-order chi connectivity index (χ1) is 19.2. The van der Waals surface area contributed by atoms with E-state index in [1.165, 1.54) is 35.2 Å². The molecule has 0 atom stereocenters. The van der Waals surface area contributed by atoms with E-state index in [2.05, 4.69) is 10.3 Å². The number of amides is 3. The number of nitrogens with one attached hydrogen (secondary N) is 2. The SMILES string of the molecule is O=C(CN(C(=O)Nc1ccccc1C(F)(F)F)C1CC1)N(CCc1c[nH]c2ccccc12)Cc1ccc(F)cc1. The summed E-state index contributed by atoms with van der Waals surface area (Å²) in [6.45, 7) is 0.230. The Morgan fingerprint density at radius 2 is 1.65 bits per heavy atom. The van der Waals surface area contributed by atoms with Gasteiger partial charge >= 0.3 is 12.2 Å². The molecular formula is C30H28F4N4O2. The molecule has 0 saturated heterocycles. The second kappa shape index (κ2) is 11.4. The molecule has 0 aliphatic heterocycles. The zero-order valence-corrected chi connectivity index (χ0v) is 21.5. The molecule has 1 saturated carbocycles. The van der Waals surface area contributed by atoms with Crippen LogP contribution in [0.2, 0.25) is 0 Å². The molecule has 1 aliphatic carbocycles. The smallest absolute Gasteiger partial charge is 0.361 e. The molecule has 3 amide bonds. The summed E-state index contributed by atoms with van der Waals surface area (Å²) in [6.07, 6.45) is -0.888. The van der Waals surface area contributed by atoms with Crippen molar-refractivity contribution in [2.24, 2.45) is 0 Å². The van der Waals surface area contributed by atoms with E-state index in [-0.39, 0.29) is 30.7 Å². The van der Waals surface area contributed by atoms with E-state index in [0.717, 1.165) is 28.1 Å². The van der Waals surface area contributed by atoms with E-state index < -0.39 is 23.6 Å². The van der Waals surface area contributed by atoms with Gasteiger partial charge in [0.25, 0.3) is 0 Å². The maximum absolute atomic E-state index is 13.6. The van der Waals surface area contributed by atoms with Crippen molar-refractivity contribution < 1.29 is 27.2 Å². The van der Waals surface area contributed by atoms with Crippen LogP contribution < -0.4 is 5.32 Å². The van der Waals surface area contributed by atoms with E-state index in [9.17, 15) is 27.2 Å². The third kappa shape index (κ3) is 6.44. The molecule has 0 radical (unpaired) electrons. The number of nitrogens with zero attached hydrogens (tertiary/aromatic N) is 2. The summed E-state index contributed by atoms with van der Waals surface area (Å²) in [5, 5.41) is 3.40. The number of halogens is 4. The molecule has 0 unspecified atom stereocenters. The minimum Gasteiger partial charge on any atom is -0.361 e. The van der Waals surface area contributed by atoms with Crippen molar-refractivity contribution in [2.45, 2.75) is 38.0 Å². The summed E-state index contributed by atoms with van der Waals surface area (Å²) in [7, 11) is 0. The van der Waals surface area contributed by atoms with Crippen molar-refractivity contribution >= 4 is 28.5 Å². The van der Waals surface area contributed by atoms with Gasteiger partial charge in [0.1, 0.15) is 12.4 Å². The van der Waals surface area contributed by atoms with Crippen LogP contribution in [-0.4, -0.2) is 45.9 Å². The number of benzene rings is 3. The van der Waals surface area contributed by atoms with E-state index in [1.54, 1.807) is 17.0 Å². The molecule has 2 N–H and O–H groups in total. The first-order valence-corrected chi connectivity index (χ1v) is 13.0. The fourth-order valence-electron chi connectivity index (χ4n) is 4.72. The van der Waals surface area contributed by atoms with Gasteiger partial charge in [-0.15, -0.1) is 0 Å². The highest BCUT2D eigenvalue weighted by Crippen LogP contribution is 2.35. The Balaban J connectivity index is 1.33. The third-order valence-corrected chi connectivity index (χ3v) is 6.99. The largest absolute Gasteiger partial charge is 0.418 e. The average molecular weight is 553 g/mol. The quantitative estimate of drug-likeness (QED) is 0.230. The molecule has 4 aromatic rings. The van der Waals surface area contributed by atoms with Gasteiger partial charge in [-0.05, 0) is 60.7 Å². The number of fused-ring (bicyclic) bond motifs is 1. The number of carbonyl (C=O) groups is 2. The number of hydrogen-bond acceptors (Lipinski definition) is 2. The summed E-state index contributed by atoms with van der Waals surface area (Å²) in [4.78, 5) is 32.9. The van der Waals surface area contributed by atoms with Gasteiger partial charge in [-0.3, -0.25) is 4.79 Å². The summed E-state index contributed by atoms with van der Waals surface area (Å²) >= 11 is 0. The van der Waals surface area contributed by atoms with Crippen LogP contribution in [0.4, 0.5) is 28.0 Å². The van der Waals surface area contributed by atoms with Crippen LogP contribution in [0.25, 0.3) is 10.9 Å². The van der Waals surface area contributed by atoms with E-state index in [1.807, 2.05) is 30.5 Å². The average Bonchev–Trinajstić information content (AvgIpc) is 3.69. The van der Waals surface area contributed by atoms with E-state index in [4.69, 9.17) is 0 Å². The van der Waals surface area contributed by atoms with Gasteiger partial charge in [0, 0.05) is 36.2 Å². The van der Waals surface area contributed by atoms with Crippen molar-refractivity contribution in [3.8, 4) is 0 Å². The lowest BCUT2D eigenvalue weighted by Crippen LogP contribution is -2.46. The Labute approximate surface area is 228 Å². The number of alkyl halides is 3. The Hall–Kier alpha value is -4.34. The van der Waals surface area contributed by atoms with Crippen LogP contribution >= 0.6 is 0 Å². The molecular weight excluding hydrogens is 524 g/mol. The number of aromatic nitrogens is 1. The predicted octanol–water partition coefficient (Wildman–Crippen LogP) is 6.59. The zero-order valence-electron chi connectivity index (χ0n) is 21.5. The van der Waals surface area contributed by atoms with E-state index >= 15 is 0 Å². The molecule has 0 spiro atoms. The van der Waals surface area contributed by atoms with Crippen LogP contribution in [0, 0.1) is 5.82 Å². The topological polar surface area (TPSA) is 68.4 Å². The van der Waals surface area contributed by atoms with Gasteiger partial charge in [-0.25, -0.2) is 9.18 Å². The number of anilines is 1. The van der Waals surface area contributed by atoms with Crippen LogP contribution in [0.15, 0.2) is 79.0 Å². The molecule has 1 fully saturated rings. The molecule has 1 aliphatic rings. The third-order valence-electron chi connectivity index (χ3n) is 6.99. The van der Waals surface area contributed by atoms with Crippen molar-refractivity contribution in [3.05, 3.63) is 102 Å². The number of urea groups is 1. The Morgan fingerprint density at radius 3 is 2.38 bits per heavy atom. The van der Waals surface area contributed by atoms with Gasteiger partial charge < -0.3 is 20.1 Å². The number of rotatable bonds is 9. The number of aromatic amines is 1. The summed E-state index contributed by atoms with van der Waals surface area (Å²) in [5.41, 5.74) is 1.40. The minimum absolute atomic E-state index is 0.193. The monoisotopic (exact) mass is 552 g/mol. The van der Waals surface area contributed by atoms with Crippen molar-refractivity contribution in [1.82, 2.24) is 14.8 Å². The molecule has 10 heteroatoms. The molecule has 40 heavy (non-hydrogen) atoms. The maximum atomic E-state index is 13.6. The first-order valence-electron chi connectivity index (χ1n) is 13.0. The molecule has 0 bridgehead atoms. The summed E-state index contributed by atoms with van der Waals surface area (Å²) in [5.74, 6) is -0.744. The molecule has 1 aromatic heterocycles. The number of carbonyl (C=O) groups excluding carboxylic acids is 2. The number of para-hydroxylation sites is 2. The van der Waals surface area contributed by atoms with Gasteiger partial charge in [0.2, 0.25) is 5.91 Å². The Morgan fingerprint density at radius 1 is 0.950 bits per heavy atom. The molecule has 1 heterocycles. The van der Waals surface area contributed by atoms with Gasteiger partial charge in [0.05, 0.1) is 11.3 Å². The van der Waals surface area contributed by atoms with Gasteiger partial charge in [-0.1, -0.05) is 42.5 Å². The van der Waals surface area contributed by atoms with Crippen molar-refractivity contribution in [1.29, 1.82) is 0 Å². The molecule has 208 valence electrons. The van der Waals surface area contributed by atoms with Crippen LogP contribution in [0.5, 0.6) is 0 Å². The van der Waals surface area contributed by atoms with Crippen LogP contribution in [0.1, 0.15) is 29.5 Å². The highest BCUT2D eigenvalue weighted by atomic mass is 19.4. The standard InChI is InChI=1S/C30H28F4N4O2/c31-22-11-9-20(10-12-22)18-37(16-15-21-17-35-26-7-3-1-5-24(21)26)28(39)19-38(23-13-14-23)29(40)36-27-8-4-2-6-25(27)30(32,33)34/h1-12,17,23,35H,13-16,18-19H2,(H,36,40). The summed E-state index contributed by atoms with van der Waals surface area (Å²) in [6, 6.07) is 17.4. The Bertz CT molecular complexity index is 1500. The van der Waals surface area contributed by atoms with Gasteiger partial charge in [-0.2, -0.15) is 13.2 Å². The minimum atomic E-state index is -4.64. The lowest BCUT2D eigenvalue weighted by atomic mass is 10.1. The van der Waals surface area contributed by atoms with Crippen LogP contribution in [-0.2, 0) is 23.9 Å². The lowest BCUT2D eigenvalue weighted by molar-refractivity contribution is -0.137. The summed E-state index contributed by atoms with van der Waals surface area (Å²) < 4.78 is 53.9. The van der Waals surface area contributed by atoms with Crippen molar-refractivity contribution in [3.63, 3.8) is 0 Å². The fourth-order valence-corrected chi connectivity index (χ4v) is 4.72. The van der Waals surface area contributed by atoms with Crippen molar-refractivity contribution in [2.75, 3.05) is 18.4 Å². The molecule has 5 rings (SSSR count). The second-order valence-corrected chi connectivity index (χ2v) is 9.88. The van der Waals surface area contributed by atoms with Crippen LogP contribution in [0.3, 0.4) is 0 Å². The molecule has 6 nitrogen and oxygen atoms in total. The Kier molecular flexibility index (Phi) is 7.77. The lowest BCUT2D eigenvalue weighted by Gasteiger charge is -2.28. The molecule has 3 aromatic carbocycles. The number of H-pyrrole nitrogens is 1. The van der Waals surface area contributed by atoms with E-state index in [0.29, 0.717) is 25.8 Å². The number of hydrogen-bond donors (Lipinski definition) is 2. The zero-order chi connectivity index (χ0) is 28.3. The highest BCUT2D eigenvalue weighted by molar-refractivity contribution is 5.93. The predicted molar refractivity (Wildman–Crippen MR) is 144 cm³/mol. The highest BCUT2D eigenvalue weighted by Gasteiger charge is 2.37. The maximum Gasteiger partial charge on any atom is 0.418 e. The van der Waals surface area contributed by atoms with Gasteiger partial charge in [0.15, 0.2) is 0 Å². The first kappa shape index (κ1) is 27.2. The fraction of sp³-hybridized carbons (Fsp3) is 0.267. The normalized spacial score (nSPS) is 13.3.